The summed E-state index contributed by atoms with van der Waals surface area (Å²) >= 11 is 0. The largest absolute Gasteiger partial charge is 0.465 e. The number of fused-ring (bicyclic) bond motifs is 1. The molecule has 31 heavy (non-hydrogen) atoms. The fourth-order valence-electron chi connectivity index (χ4n) is 4.30. The molecule has 1 atom stereocenters. The first-order chi connectivity index (χ1) is 14.3. The van der Waals surface area contributed by atoms with Gasteiger partial charge in [-0.15, -0.1) is 0 Å². The first-order valence-electron chi connectivity index (χ1n) is 11.2. The predicted octanol–water partition coefficient (Wildman–Crippen LogP) is 5.56. The molecule has 2 aromatic rings. The normalized spacial score (nSPS) is 20.5. The van der Waals surface area contributed by atoms with Crippen molar-refractivity contribution in [3.63, 3.8) is 0 Å². The Bertz CT molecular complexity index is 928. The van der Waals surface area contributed by atoms with Gasteiger partial charge < -0.3 is 19.3 Å². The molecular formula is C24H39N3O3Si. The van der Waals surface area contributed by atoms with Gasteiger partial charge in [-0.3, -0.25) is 4.90 Å². The fourth-order valence-corrected chi connectivity index (χ4v) is 5.06. The van der Waals surface area contributed by atoms with Crippen LogP contribution in [-0.2, 0) is 11.5 Å². The minimum absolute atomic E-state index is 0.195. The van der Waals surface area contributed by atoms with Crippen LogP contribution in [0.1, 0.15) is 27.7 Å². The van der Waals surface area contributed by atoms with Gasteiger partial charge in [0.15, 0.2) is 0 Å². The zero-order chi connectivity index (χ0) is 23.0. The molecule has 172 valence electrons. The van der Waals surface area contributed by atoms with Crippen LogP contribution in [0.5, 0.6) is 0 Å². The van der Waals surface area contributed by atoms with Crippen LogP contribution in [0.3, 0.4) is 0 Å². The number of amides is 1. The van der Waals surface area contributed by atoms with Gasteiger partial charge in [0.05, 0.1) is 16.7 Å². The summed E-state index contributed by atoms with van der Waals surface area (Å²) in [6.45, 7) is 18.7. The standard InChI is InChI=1S/C24H39N3O3Si/c1-23(2,3)24(4)17-25(13-14-27(24)22(28)29)20-10-8-9-19-11-12-26(21(19)20)18-30-15-16-31(5,6)7/h8-12H,13-18H2,1-7H3,(H,28,29). The van der Waals surface area contributed by atoms with Crippen LogP contribution in [0.2, 0.25) is 25.7 Å². The Hall–Kier alpha value is -1.99. The molecule has 3 rings (SSSR count). The summed E-state index contributed by atoms with van der Waals surface area (Å²) in [7, 11) is -1.12. The van der Waals surface area contributed by atoms with Crippen LogP contribution >= 0.6 is 0 Å². The lowest BCUT2D eigenvalue weighted by atomic mass is 9.72. The lowest BCUT2D eigenvalue weighted by Gasteiger charge is -2.55. The Balaban J connectivity index is 1.89. The van der Waals surface area contributed by atoms with E-state index in [0.29, 0.717) is 26.4 Å². The van der Waals surface area contributed by atoms with E-state index in [2.05, 4.69) is 87.3 Å². The molecular weight excluding hydrogens is 406 g/mol. The van der Waals surface area contributed by atoms with Crippen molar-refractivity contribution < 1.29 is 14.6 Å². The van der Waals surface area contributed by atoms with Crippen molar-refractivity contribution in [1.82, 2.24) is 9.47 Å². The second-order valence-electron chi connectivity index (χ2n) is 11.2. The summed E-state index contributed by atoms with van der Waals surface area (Å²) in [4.78, 5) is 16.0. The molecule has 2 heterocycles. The Kier molecular flexibility index (Phi) is 6.49. The van der Waals surface area contributed by atoms with Crippen LogP contribution in [0.25, 0.3) is 10.9 Å². The molecule has 1 aliphatic rings. The molecule has 7 heteroatoms. The van der Waals surface area contributed by atoms with Gasteiger partial charge in [0.2, 0.25) is 0 Å². The lowest BCUT2D eigenvalue weighted by Crippen LogP contribution is -2.67. The van der Waals surface area contributed by atoms with E-state index >= 15 is 0 Å². The maximum absolute atomic E-state index is 12.0. The SMILES string of the molecule is CC(C)(C)C1(C)CN(c2cccc3ccn(COCC[Si](C)(C)C)c23)CCN1C(=O)O. The molecule has 1 amide bonds. The van der Waals surface area contributed by atoms with Crippen molar-refractivity contribution in [2.24, 2.45) is 5.41 Å². The molecule has 1 unspecified atom stereocenters. The van der Waals surface area contributed by atoms with Gasteiger partial charge in [-0.25, -0.2) is 4.79 Å². The fraction of sp³-hybridized carbons (Fsp3) is 0.625. The number of nitrogens with zero attached hydrogens (tertiary/aromatic N) is 3. The molecule has 0 spiro atoms. The number of carbonyl (C=O) groups is 1. The van der Waals surface area contributed by atoms with E-state index in [1.807, 2.05) is 0 Å². The number of anilines is 1. The number of rotatable bonds is 6. The van der Waals surface area contributed by atoms with Gasteiger partial charge in [0.25, 0.3) is 0 Å². The van der Waals surface area contributed by atoms with Gasteiger partial charge in [-0.1, -0.05) is 52.5 Å². The quantitative estimate of drug-likeness (QED) is 0.467. The average molecular weight is 446 g/mol. The molecule has 0 radical (unpaired) electrons. The Morgan fingerprint density at radius 1 is 1.19 bits per heavy atom. The molecule has 1 N–H and O–H groups in total. The first kappa shape index (κ1) is 23.7. The van der Waals surface area contributed by atoms with Gasteiger partial charge >= 0.3 is 6.09 Å². The van der Waals surface area contributed by atoms with Gasteiger partial charge in [-0.05, 0) is 30.5 Å². The molecule has 1 aliphatic heterocycles. The van der Waals surface area contributed by atoms with Crippen LogP contribution in [0.15, 0.2) is 30.5 Å². The van der Waals surface area contributed by atoms with E-state index in [1.54, 1.807) is 4.90 Å². The highest BCUT2D eigenvalue weighted by molar-refractivity contribution is 6.76. The third-order valence-electron chi connectivity index (χ3n) is 6.87. The average Bonchev–Trinajstić information content (AvgIpc) is 3.06. The minimum atomic E-state index is -1.12. The van der Waals surface area contributed by atoms with Crippen molar-refractivity contribution >= 4 is 30.8 Å². The molecule has 1 saturated heterocycles. The smallest absolute Gasteiger partial charge is 0.407 e. The maximum atomic E-state index is 12.0. The molecule has 0 saturated carbocycles. The molecule has 1 aromatic heterocycles. The summed E-state index contributed by atoms with van der Waals surface area (Å²) in [5.74, 6) is 0. The van der Waals surface area contributed by atoms with E-state index in [9.17, 15) is 9.90 Å². The van der Waals surface area contributed by atoms with E-state index in [1.165, 1.54) is 5.39 Å². The van der Waals surface area contributed by atoms with Crippen LogP contribution in [-0.4, -0.2) is 60.5 Å². The maximum Gasteiger partial charge on any atom is 0.407 e. The summed E-state index contributed by atoms with van der Waals surface area (Å²) < 4.78 is 8.23. The van der Waals surface area contributed by atoms with E-state index in [0.717, 1.165) is 23.9 Å². The van der Waals surface area contributed by atoms with Crippen molar-refractivity contribution in [3.8, 4) is 0 Å². The zero-order valence-electron chi connectivity index (χ0n) is 20.2. The molecule has 1 fully saturated rings. The Morgan fingerprint density at radius 3 is 2.52 bits per heavy atom. The molecule has 0 bridgehead atoms. The van der Waals surface area contributed by atoms with E-state index in [-0.39, 0.29) is 5.41 Å². The zero-order valence-corrected chi connectivity index (χ0v) is 21.2. The van der Waals surface area contributed by atoms with Gasteiger partial charge in [0.1, 0.15) is 6.73 Å². The molecule has 0 aliphatic carbocycles. The lowest BCUT2D eigenvalue weighted by molar-refractivity contribution is 0.00750. The predicted molar refractivity (Wildman–Crippen MR) is 131 cm³/mol. The Morgan fingerprint density at radius 2 is 1.90 bits per heavy atom. The van der Waals surface area contributed by atoms with Crippen molar-refractivity contribution in [3.05, 3.63) is 30.5 Å². The monoisotopic (exact) mass is 445 g/mol. The number of hydrogen-bond acceptors (Lipinski definition) is 3. The second-order valence-corrected chi connectivity index (χ2v) is 16.8. The van der Waals surface area contributed by atoms with Crippen LogP contribution in [0, 0.1) is 5.41 Å². The van der Waals surface area contributed by atoms with Crippen molar-refractivity contribution in [2.45, 2.75) is 65.6 Å². The number of para-hydroxylation sites is 1. The van der Waals surface area contributed by atoms with Crippen molar-refractivity contribution in [1.29, 1.82) is 0 Å². The van der Waals surface area contributed by atoms with Crippen LogP contribution < -0.4 is 4.90 Å². The minimum Gasteiger partial charge on any atom is -0.465 e. The summed E-state index contributed by atoms with van der Waals surface area (Å²) in [6.07, 6.45) is 1.26. The second kappa shape index (κ2) is 8.51. The molecule has 1 aromatic carbocycles. The summed E-state index contributed by atoms with van der Waals surface area (Å²) in [5.41, 5.74) is 1.62. The third kappa shape index (κ3) is 4.93. The summed E-state index contributed by atoms with van der Waals surface area (Å²) in [6, 6.07) is 9.66. The third-order valence-corrected chi connectivity index (χ3v) is 8.57. The van der Waals surface area contributed by atoms with E-state index < -0.39 is 19.7 Å². The van der Waals surface area contributed by atoms with Crippen molar-refractivity contribution in [2.75, 3.05) is 31.1 Å². The summed E-state index contributed by atoms with van der Waals surface area (Å²) in [5, 5.41) is 11.0. The number of benzene rings is 1. The van der Waals surface area contributed by atoms with Gasteiger partial charge in [-0.2, -0.15) is 0 Å². The number of carboxylic acid groups (broad SMARTS) is 1. The van der Waals surface area contributed by atoms with Gasteiger partial charge in [0, 0.05) is 45.9 Å². The number of hydrogen-bond donors (Lipinski definition) is 1. The highest BCUT2D eigenvalue weighted by atomic mass is 28.3. The van der Waals surface area contributed by atoms with E-state index in [4.69, 9.17) is 4.74 Å². The first-order valence-corrected chi connectivity index (χ1v) is 15.0. The number of piperazine rings is 1. The number of ether oxygens (including phenoxy) is 1. The highest BCUT2D eigenvalue weighted by Crippen LogP contribution is 2.40. The van der Waals surface area contributed by atoms with Crippen LogP contribution in [0.4, 0.5) is 10.5 Å². The highest BCUT2D eigenvalue weighted by Gasteiger charge is 2.48. The Labute approximate surface area is 187 Å². The number of aromatic nitrogens is 1. The molecule has 6 nitrogen and oxygen atoms in total. The topological polar surface area (TPSA) is 57.9 Å².